The summed E-state index contributed by atoms with van der Waals surface area (Å²) in [6, 6.07) is 14.6. The number of hydrogen-bond acceptors (Lipinski definition) is 3. The molecule has 2 aromatic carbocycles. The van der Waals surface area contributed by atoms with Crippen molar-refractivity contribution in [2.24, 2.45) is 0 Å². The predicted molar refractivity (Wildman–Crippen MR) is 83.4 cm³/mol. The lowest BCUT2D eigenvalue weighted by Gasteiger charge is -2.19. The van der Waals surface area contributed by atoms with E-state index in [0.29, 0.717) is 0 Å². The molecule has 0 spiro atoms. The van der Waals surface area contributed by atoms with Crippen LogP contribution in [0.1, 0.15) is 6.42 Å². The standard InChI is InChI=1S/C17H22N2O/c1-2-7-16-15(5-1)6-3-8-17(16)20-14-13-19-11-4-9-18-10-12-19/h1-3,5-8,18H,4,9-14H2. The van der Waals surface area contributed by atoms with Gasteiger partial charge < -0.3 is 10.1 Å². The smallest absolute Gasteiger partial charge is 0.127 e. The summed E-state index contributed by atoms with van der Waals surface area (Å²) in [5, 5.41) is 5.87. The maximum atomic E-state index is 6.00. The third-order valence-corrected chi connectivity index (χ3v) is 3.85. The Balaban J connectivity index is 1.59. The Morgan fingerprint density at radius 3 is 2.90 bits per heavy atom. The van der Waals surface area contributed by atoms with E-state index in [4.69, 9.17) is 4.74 Å². The highest BCUT2D eigenvalue weighted by atomic mass is 16.5. The van der Waals surface area contributed by atoms with Gasteiger partial charge in [-0.25, -0.2) is 0 Å². The maximum absolute atomic E-state index is 6.00. The molecule has 3 rings (SSSR count). The van der Waals surface area contributed by atoms with Crippen LogP contribution in [0, 0.1) is 0 Å². The third kappa shape index (κ3) is 3.30. The summed E-state index contributed by atoms with van der Waals surface area (Å²) in [6.45, 7) is 6.29. The van der Waals surface area contributed by atoms with Crippen LogP contribution in [0.15, 0.2) is 42.5 Å². The molecule has 0 aliphatic carbocycles. The second-order valence-electron chi connectivity index (χ2n) is 5.27. The molecule has 0 atom stereocenters. The maximum Gasteiger partial charge on any atom is 0.127 e. The monoisotopic (exact) mass is 270 g/mol. The molecule has 0 saturated carbocycles. The molecular formula is C17H22N2O. The lowest BCUT2D eigenvalue weighted by atomic mass is 10.1. The number of rotatable bonds is 4. The molecule has 106 valence electrons. The van der Waals surface area contributed by atoms with Gasteiger partial charge in [0.2, 0.25) is 0 Å². The van der Waals surface area contributed by atoms with E-state index < -0.39 is 0 Å². The molecule has 3 heteroatoms. The van der Waals surface area contributed by atoms with Gasteiger partial charge in [0.05, 0.1) is 0 Å². The zero-order valence-electron chi connectivity index (χ0n) is 11.8. The molecule has 0 radical (unpaired) electrons. The Kier molecular flexibility index (Phi) is 4.51. The predicted octanol–water partition coefficient (Wildman–Crippen LogP) is 2.51. The molecule has 1 saturated heterocycles. The van der Waals surface area contributed by atoms with Gasteiger partial charge >= 0.3 is 0 Å². The highest BCUT2D eigenvalue weighted by molar-refractivity contribution is 5.88. The van der Waals surface area contributed by atoms with E-state index in [1.54, 1.807) is 0 Å². The molecule has 1 aliphatic rings. The number of benzene rings is 2. The normalized spacial score (nSPS) is 17.0. The molecule has 1 aliphatic heterocycles. The molecule has 1 heterocycles. The van der Waals surface area contributed by atoms with Gasteiger partial charge in [0, 0.05) is 25.0 Å². The molecule has 0 unspecified atom stereocenters. The summed E-state index contributed by atoms with van der Waals surface area (Å²) in [4.78, 5) is 2.48. The van der Waals surface area contributed by atoms with Gasteiger partial charge in [0.1, 0.15) is 12.4 Å². The van der Waals surface area contributed by atoms with E-state index >= 15 is 0 Å². The zero-order chi connectivity index (χ0) is 13.6. The SMILES string of the molecule is c1ccc2c(OCCN3CCCNCC3)cccc2c1. The number of nitrogens with zero attached hydrogens (tertiary/aromatic N) is 1. The van der Waals surface area contributed by atoms with Gasteiger partial charge in [-0.05, 0) is 31.0 Å². The Labute approximate surface area is 120 Å². The van der Waals surface area contributed by atoms with Crippen LogP contribution in [0.3, 0.4) is 0 Å². The Bertz CT molecular complexity index is 542. The minimum absolute atomic E-state index is 0.758. The van der Waals surface area contributed by atoms with Crippen LogP contribution in [-0.4, -0.2) is 44.2 Å². The first-order chi connectivity index (χ1) is 9.93. The number of nitrogens with one attached hydrogen (secondary N) is 1. The van der Waals surface area contributed by atoms with Crippen molar-refractivity contribution < 1.29 is 4.74 Å². The van der Waals surface area contributed by atoms with Crippen LogP contribution >= 0.6 is 0 Å². The lowest BCUT2D eigenvalue weighted by molar-refractivity contribution is 0.219. The minimum atomic E-state index is 0.758. The first-order valence-electron chi connectivity index (χ1n) is 7.47. The molecule has 1 fully saturated rings. The second-order valence-corrected chi connectivity index (χ2v) is 5.27. The van der Waals surface area contributed by atoms with E-state index in [1.165, 1.54) is 23.7 Å². The second kappa shape index (κ2) is 6.73. The largest absolute Gasteiger partial charge is 0.492 e. The van der Waals surface area contributed by atoms with Crippen molar-refractivity contribution in [1.29, 1.82) is 0 Å². The summed E-state index contributed by atoms with van der Waals surface area (Å²) in [7, 11) is 0. The summed E-state index contributed by atoms with van der Waals surface area (Å²) < 4.78 is 6.00. The molecule has 2 aromatic rings. The summed E-state index contributed by atoms with van der Waals surface area (Å²) in [5.41, 5.74) is 0. The van der Waals surface area contributed by atoms with Gasteiger partial charge in [0.25, 0.3) is 0 Å². The lowest BCUT2D eigenvalue weighted by Crippen LogP contribution is -2.31. The molecule has 0 amide bonds. The Morgan fingerprint density at radius 2 is 1.90 bits per heavy atom. The summed E-state index contributed by atoms with van der Waals surface area (Å²) >= 11 is 0. The van der Waals surface area contributed by atoms with Crippen LogP contribution in [-0.2, 0) is 0 Å². The van der Waals surface area contributed by atoms with E-state index in [0.717, 1.165) is 38.5 Å². The molecule has 3 nitrogen and oxygen atoms in total. The van der Waals surface area contributed by atoms with E-state index in [9.17, 15) is 0 Å². The molecule has 0 bridgehead atoms. The fraction of sp³-hybridized carbons (Fsp3) is 0.412. The van der Waals surface area contributed by atoms with Gasteiger partial charge in [-0.2, -0.15) is 0 Å². The average Bonchev–Trinajstić information content (AvgIpc) is 2.76. The van der Waals surface area contributed by atoms with Crippen LogP contribution in [0.25, 0.3) is 10.8 Å². The highest BCUT2D eigenvalue weighted by Crippen LogP contribution is 2.24. The van der Waals surface area contributed by atoms with Gasteiger partial charge in [-0.15, -0.1) is 0 Å². The Hall–Kier alpha value is -1.58. The van der Waals surface area contributed by atoms with Gasteiger partial charge in [0.15, 0.2) is 0 Å². The fourth-order valence-electron chi connectivity index (χ4n) is 2.73. The van der Waals surface area contributed by atoms with Crippen molar-refractivity contribution >= 4 is 10.8 Å². The molecular weight excluding hydrogens is 248 g/mol. The topological polar surface area (TPSA) is 24.5 Å². The molecule has 1 N–H and O–H groups in total. The Morgan fingerprint density at radius 1 is 1.00 bits per heavy atom. The first kappa shape index (κ1) is 13.4. The van der Waals surface area contributed by atoms with E-state index in [2.05, 4.69) is 52.7 Å². The summed E-state index contributed by atoms with van der Waals surface area (Å²) in [6.07, 6.45) is 1.23. The van der Waals surface area contributed by atoms with Crippen molar-refractivity contribution in [2.45, 2.75) is 6.42 Å². The third-order valence-electron chi connectivity index (χ3n) is 3.85. The minimum Gasteiger partial charge on any atom is -0.492 e. The van der Waals surface area contributed by atoms with Crippen molar-refractivity contribution in [3.8, 4) is 5.75 Å². The van der Waals surface area contributed by atoms with E-state index in [1.807, 2.05) is 0 Å². The number of ether oxygens (including phenoxy) is 1. The fourth-order valence-corrected chi connectivity index (χ4v) is 2.73. The van der Waals surface area contributed by atoms with Crippen LogP contribution < -0.4 is 10.1 Å². The summed E-state index contributed by atoms with van der Waals surface area (Å²) in [5.74, 6) is 0.996. The van der Waals surface area contributed by atoms with Crippen molar-refractivity contribution in [2.75, 3.05) is 39.3 Å². The van der Waals surface area contributed by atoms with Crippen molar-refractivity contribution in [3.05, 3.63) is 42.5 Å². The number of fused-ring (bicyclic) bond motifs is 1. The van der Waals surface area contributed by atoms with Crippen LogP contribution in [0.4, 0.5) is 0 Å². The van der Waals surface area contributed by atoms with E-state index in [-0.39, 0.29) is 0 Å². The van der Waals surface area contributed by atoms with Crippen molar-refractivity contribution in [1.82, 2.24) is 10.2 Å². The molecule has 20 heavy (non-hydrogen) atoms. The molecule has 0 aromatic heterocycles. The van der Waals surface area contributed by atoms with Crippen LogP contribution in [0.5, 0.6) is 5.75 Å². The highest BCUT2D eigenvalue weighted by Gasteiger charge is 2.08. The number of hydrogen-bond donors (Lipinski definition) is 1. The van der Waals surface area contributed by atoms with Crippen molar-refractivity contribution in [3.63, 3.8) is 0 Å². The average molecular weight is 270 g/mol. The van der Waals surface area contributed by atoms with Crippen LogP contribution in [0.2, 0.25) is 0 Å². The first-order valence-corrected chi connectivity index (χ1v) is 7.47. The quantitative estimate of drug-likeness (QED) is 0.924. The van der Waals surface area contributed by atoms with Gasteiger partial charge in [-0.3, -0.25) is 4.90 Å². The van der Waals surface area contributed by atoms with Gasteiger partial charge in [-0.1, -0.05) is 36.4 Å². The zero-order valence-corrected chi connectivity index (χ0v) is 11.8.